The molecule has 0 bridgehead atoms. The minimum Gasteiger partial charge on any atom is -0.447 e. The van der Waals surface area contributed by atoms with Crippen molar-refractivity contribution >= 4 is 11.9 Å². The number of rotatable bonds is 4. The SMILES string of the molecule is Cc1cncnc1N1CCC2(CCC(CNC(=O)OC(C)C)OC2)CC1. The minimum absolute atomic E-state index is 0.0856. The standard InChI is InChI=1S/C19H30N4O3/c1-14(2)26-18(24)21-11-16-4-5-19(12-25-16)6-8-23(9-7-19)17-15(3)10-20-13-22-17/h10,13-14,16H,4-9,11-12H2,1-3H3,(H,21,24). The number of ether oxygens (including phenoxy) is 2. The van der Waals surface area contributed by atoms with Crippen molar-refractivity contribution in [2.24, 2.45) is 5.41 Å². The van der Waals surface area contributed by atoms with Gasteiger partial charge in [-0.1, -0.05) is 0 Å². The minimum atomic E-state index is -0.364. The zero-order valence-electron chi connectivity index (χ0n) is 16.0. The summed E-state index contributed by atoms with van der Waals surface area (Å²) in [6.07, 6.45) is 7.48. The van der Waals surface area contributed by atoms with Crippen molar-refractivity contribution in [1.29, 1.82) is 0 Å². The maximum atomic E-state index is 11.6. The first kappa shape index (κ1) is 18.9. The number of carbonyl (C=O) groups is 1. The van der Waals surface area contributed by atoms with E-state index in [2.05, 4.69) is 27.1 Å². The highest BCUT2D eigenvalue weighted by atomic mass is 16.6. The average molecular weight is 362 g/mol. The fraction of sp³-hybridized carbons (Fsp3) is 0.737. The van der Waals surface area contributed by atoms with Crippen LogP contribution in [0, 0.1) is 12.3 Å². The van der Waals surface area contributed by atoms with E-state index in [1.165, 1.54) is 0 Å². The molecule has 3 heterocycles. The predicted molar refractivity (Wildman–Crippen MR) is 99.2 cm³/mol. The molecular formula is C19H30N4O3. The normalized spacial score (nSPS) is 22.5. The maximum Gasteiger partial charge on any atom is 0.407 e. The topological polar surface area (TPSA) is 76.6 Å². The Morgan fingerprint density at radius 3 is 2.81 bits per heavy atom. The number of piperidine rings is 1. The van der Waals surface area contributed by atoms with E-state index in [1.807, 2.05) is 20.0 Å². The van der Waals surface area contributed by atoms with Crippen molar-refractivity contribution in [3.05, 3.63) is 18.1 Å². The number of anilines is 1. The van der Waals surface area contributed by atoms with E-state index in [9.17, 15) is 4.79 Å². The van der Waals surface area contributed by atoms with E-state index in [-0.39, 0.29) is 23.7 Å². The zero-order chi connectivity index (χ0) is 18.6. The first-order chi connectivity index (χ1) is 12.5. The highest BCUT2D eigenvalue weighted by Crippen LogP contribution is 2.41. The molecule has 1 unspecified atom stereocenters. The summed E-state index contributed by atoms with van der Waals surface area (Å²) in [5, 5.41) is 2.80. The van der Waals surface area contributed by atoms with Gasteiger partial charge in [-0.25, -0.2) is 14.8 Å². The van der Waals surface area contributed by atoms with E-state index in [0.717, 1.165) is 56.8 Å². The number of nitrogens with one attached hydrogen (secondary N) is 1. The van der Waals surface area contributed by atoms with Crippen LogP contribution in [-0.2, 0) is 9.47 Å². The smallest absolute Gasteiger partial charge is 0.407 e. The highest BCUT2D eigenvalue weighted by Gasteiger charge is 2.39. The van der Waals surface area contributed by atoms with Crippen molar-refractivity contribution in [3.63, 3.8) is 0 Å². The molecule has 2 saturated heterocycles. The third kappa shape index (κ3) is 4.63. The molecule has 1 spiro atoms. The van der Waals surface area contributed by atoms with Crippen LogP contribution in [0.15, 0.2) is 12.5 Å². The molecule has 26 heavy (non-hydrogen) atoms. The summed E-state index contributed by atoms with van der Waals surface area (Å²) in [5.41, 5.74) is 1.40. The van der Waals surface area contributed by atoms with Crippen LogP contribution < -0.4 is 10.2 Å². The number of nitrogens with zero attached hydrogens (tertiary/aromatic N) is 3. The highest BCUT2D eigenvalue weighted by molar-refractivity contribution is 5.67. The first-order valence-electron chi connectivity index (χ1n) is 9.55. The third-order valence-electron chi connectivity index (χ3n) is 5.43. The van der Waals surface area contributed by atoms with Gasteiger partial charge in [0, 0.05) is 31.4 Å². The monoisotopic (exact) mass is 362 g/mol. The molecule has 0 radical (unpaired) electrons. The third-order valence-corrected chi connectivity index (χ3v) is 5.43. The number of hydrogen-bond acceptors (Lipinski definition) is 6. The molecular weight excluding hydrogens is 332 g/mol. The van der Waals surface area contributed by atoms with Crippen molar-refractivity contribution in [3.8, 4) is 0 Å². The lowest BCUT2D eigenvalue weighted by Crippen LogP contribution is -2.48. The lowest BCUT2D eigenvalue weighted by Gasteiger charge is -2.46. The van der Waals surface area contributed by atoms with E-state index in [0.29, 0.717) is 6.54 Å². The fourth-order valence-corrected chi connectivity index (χ4v) is 3.84. The summed E-state index contributed by atoms with van der Waals surface area (Å²) in [4.78, 5) is 22.5. The van der Waals surface area contributed by atoms with Crippen molar-refractivity contribution in [2.75, 3.05) is 31.1 Å². The Bertz CT molecular complexity index is 605. The fourth-order valence-electron chi connectivity index (χ4n) is 3.84. The second-order valence-corrected chi connectivity index (χ2v) is 7.82. The molecule has 144 valence electrons. The van der Waals surface area contributed by atoms with Crippen LogP contribution in [0.2, 0.25) is 0 Å². The Balaban J connectivity index is 1.44. The number of hydrogen-bond donors (Lipinski definition) is 1. The molecule has 7 heteroatoms. The Hall–Kier alpha value is -1.89. The van der Waals surface area contributed by atoms with Crippen LogP contribution in [0.3, 0.4) is 0 Å². The molecule has 1 amide bonds. The van der Waals surface area contributed by atoms with Gasteiger partial charge in [-0.2, -0.15) is 0 Å². The Morgan fingerprint density at radius 1 is 1.42 bits per heavy atom. The molecule has 0 aliphatic carbocycles. The largest absolute Gasteiger partial charge is 0.447 e. The molecule has 1 aromatic heterocycles. The quantitative estimate of drug-likeness (QED) is 0.887. The number of alkyl carbamates (subject to hydrolysis) is 1. The molecule has 1 N–H and O–H groups in total. The number of aryl methyl sites for hydroxylation is 1. The van der Waals surface area contributed by atoms with Gasteiger partial charge in [0.1, 0.15) is 12.1 Å². The number of carbonyl (C=O) groups excluding carboxylic acids is 1. The summed E-state index contributed by atoms with van der Waals surface area (Å²) in [7, 11) is 0. The van der Waals surface area contributed by atoms with Gasteiger partial charge in [0.2, 0.25) is 0 Å². The second kappa shape index (κ2) is 8.20. The van der Waals surface area contributed by atoms with Crippen LogP contribution >= 0.6 is 0 Å². The van der Waals surface area contributed by atoms with Crippen LogP contribution in [0.25, 0.3) is 0 Å². The average Bonchev–Trinajstić information content (AvgIpc) is 2.62. The summed E-state index contributed by atoms with van der Waals surface area (Å²) in [5.74, 6) is 1.05. The van der Waals surface area contributed by atoms with Gasteiger partial charge in [0.05, 0.1) is 18.8 Å². The molecule has 1 atom stereocenters. The Kier molecular flexibility index (Phi) is 5.96. The Morgan fingerprint density at radius 2 is 2.19 bits per heavy atom. The van der Waals surface area contributed by atoms with Gasteiger partial charge >= 0.3 is 6.09 Å². The maximum absolute atomic E-state index is 11.6. The lowest BCUT2D eigenvalue weighted by atomic mass is 9.73. The summed E-state index contributed by atoms with van der Waals surface area (Å²) >= 11 is 0. The van der Waals surface area contributed by atoms with Gasteiger partial charge in [-0.3, -0.25) is 0 Å². The summed E-state index contributed by atoms with van der Waals surface area (Å²) in [6, 6.07) is 0. The van der Waals surface area contributed by atoms with Crippen LogP contribution in [0.4, 0.5) is 10.6 Å². The van der Waals surface area contributed by atoms with Gasteiger partial charge in [0.15, 0.2) is 0 Å². The summed E-state index contributed by atoms with van der Waals surface area (Å²) < 4.78 is 11.2. The first-order valence-corrected chi connectivity index (χ1v) is 9.55. The van der Waals surface area contributed by atoms with Crippen LogP contribution in [0.5, 0.6) is 0 Å². The van der Waals surface area contributed by atoms with E-state index in [1.54, 1.807) is 6.33 Å². The van der Waals surface area contributed by atoms with Gasteiger partial charge in [0.25, 0.3) is 0 Å². The number of amides is 1. The molecule has 3 rings (SSSR count). The van der Waals surface area contributed by atoms with E-state index < -0.39 is 0 Å². The molecule has 7 nitrogen and oxygen atoms in total. The summed E-state index contributed by atoms with van der Waals surface area (Å²) in [6.45, 7) is 9.05. The van der Waals surface area contributed by atoms with E-state index >= 15 is 0 Å². The van der Waals surface area contributed by atoms with Crippen molar-refractivity contribution < 1.29 is 14.3 Å². The van der Waals surface area contributed by atoms with Crippen molar-refractivity contribution in [2.45, 2.75) is 58.7 Å². The van der Waals surface area contributed by atoms with Gasteiger partial charge in [-0.05, 0) is 51.9 Å². The predicted octanol–water partition coefficient (Wildman–Crippen LogP) is 2.69. The lowest BCUT2D eigenvalue weighted by molar-refractivity contribution is -0.0705. The van der Waals surface area contributed by atoms with Crippen LogP contribution in [-0.4, -0.2) is 54.5 Å². The van der Waals surface area contributed by atoms with E-state index in [4.69, 9.17) is 9.47 Å². The van der Waals surface area contributed by atoms with Gasteiger partial charge in [-0.15, -0.1) is 0 Å². The zero-order valence-corrected chi connectivity index (χ0v) is 16.0. The Labute approximate surface area is 155 Å². The number of aromatic nitrogens is 2. The molecule has 0 saturated carbocycles. The van der Waals surface area contributed by atoms with Crippen LogP contribution in [0.1, 0.15) is 45.1 Å². The van der Waals surface area contributed by atoms with Crippen molar-refractivity contribution in [1.82, 2.24) is 15.3 Å². The molecule has 2 aliphatic heterocycles. The molecule has 2 aliphatic rings. The molecule has 1 aromatic rings. The molecule has 0 aromatic carbocycles. The molecule has 2 fully saturated rings. The van der Waals surface area contributed by atoms with Gasteiger partial charge < -0.3 is 19.7 Å². The second-order valence-electron chi connectivity index (χ2n) is 7.82.